The molecule has 2 aromatic carbocycles. The van der Waals surface area contributed by atoms with Crippen LogP contribution < -0.4 is 14.8 Å². The number of imide groups is 1. The van der Waals surface area contributed by atoms with Crippen LogP contribution in [0, 0.1) is 17.5 Å². The number of hydrogen-bond acceptors (Lipinski definition) is 6. The minimum absolute atomic E-state index is 0.0583. The summed E-state index contributed by atoms with van der Waals surface area (Å²) in [5.41, 5.74) is 0.725. The third-order valence-electron chi connectivity index (χ3n) is 4.89. The number of carbonyl (C=O) groups excluding carboxylic acids is 3. The molecule has 0 radical (unpaired) electrons. The first-order valence-corrected chi connectivity index (χ1v) is 11.7. The topological polar surface area (TPSA) is 84.9 Å². The van der Waals surface area contributed by atoms with Crippen LogP contribution >= 0.6 is 11.8 Å². The number of ether oxygens (including phenoxy) is 2. The first-order chi connectivity index (χ1) is 17.2. The van der Waals surface area contributed by atoms with Gasteiger partial charge in [-0.2, -0.15) is 0 Å². The van der Waals surface area contributed by atoms with Crippen LogP contribution in [0.25, 0.3) is 6.08 Å². The molecule has 1 aliphatic heterocycles. The first kappa shape index (κ1) is 26.9. The van der Waals surface area contributed by atoms with E-state index in [-0.39, 0.29) is 4.91 Å². The van der Waals surface area contributed by atoms with Gasteiger partial charge in [-0.25, -0.2) is 13.2 Å². The molecule has 0 spiro atoms. The number of thioether (sulfide) groups is 1. The molecule has 36 heavy (non-hydrogen) atoms. The Morgan fingerprint density at radius 2 is 1.83 bits per heavy atom. The predicted octanol–water partition coefficient (Wildman–Crippen LogP) is 5.30. The molecular weight excluding hydrogens is 497 g/mol. The minimum Gasteiger partial charge on any atom is -0.490 e. The second-order valence-electron chi connectivity index (χ2n) is 7.41. The minimum atomic E-state index is -1.75. The van der Waals surface area contributed by atoms with Crippen molar-refractivity contribution >= 4 is 40.6 Å². The molecular formula is C25H23F3N2O5S. The van der Waals surface area contributed by atoms with Crippen molar-refractivity contribution in [2.75, 3.05) is 25.1 Å². The van der Waals surface area contributed by atoms with Crippen molar-refractivity contribution in [3.05, 3.63) is 70.4 Å². The maximum absolute atomic E-state index is 13.8. The number of carbonyl (C=O) groups is 3. The van der Waals surface area contributed by atoms with Gasteiger partial charge in [-0.15, -0.1) is 6.58 Å². The lowest BCUT2D eigenvalue weighted by Crippen LogP contribution is -2.36. The Morgan fingerprint density at radius 1 is 1.11 bits per heavy atom. The zero-order valence-electron chi connectivity index (χ0n) is 19.5. The summed E-state index contributed by atoms with van der Waals surface area (Å²) in [5, 5.41) is 1.32. The van der Waals surface area contributed by atoms with Crippen molar-refractivity contribution in [1.29, 1.82) is 0 Å². The SMILES string of the molecule is C=CCc1cc(/C=C2/SC(=O)N(CC(=O)Nc3ccc(F)c(F)c3F)C2=O)cc(OCC)c1OCC. The average molecular weight is 521 g/mol. The highest BCUT2D eigenvalue weighted by Gasteiger charge is 2.36. The summed E-state index contributed by atoms with van der Waals surface area (Å²) in [4.78, 5) is 38.3. The summed E-state index contributed by atoms with van der Waals surface area (Å²) in [7, 11) is 0. The van der Waals surface area contributed by atoms with Crippen molar-refractivity contribution < 1.29 is 37.0 Å². The zero-order valence-corrected chi connectivity index (χ0v) is 20.3. The summed E-state index contributed by atoms with van der Waals surface area (Å²) >= 11 is 0.628. The number of nitrogens with one attached hydrogen (secondary N) is 1. The van der Waals surface area contributed by atoms with E-state index >= 15 is 0 Å². The number of allylic oxidation sites excluding steroid dienone is 1. The Morgan fingerprint density at radius 3 is 2.50 bits per heavy atom. The molecule has 11 heteroatoms. The number of rotatable bonds is 10. The van der Waals surface area contributed by atoms with E-state index in [0.29, 0.717) is 59.4 Å². The van der Waals surface area contributed by atoms with Crippen LogP contribution in [0.15, 0.2) is 41.8 Å². The Hall–Kier alpha value is -3.73. The van der Waals surface area contributed by atoms with E-state index in [1.54, 1.807) is 18.2 Å². The number of benzene rings is 2. The highest BCUT2D eigenvalue weighted by molar-refractivity contribution is 8.18. The number of anilines is 1. The molecule has 1 heterocycles. The number of hydrogen-bond donors (Lipinski definition) is 1. The molecule has 0 aromatic heterocycles. The molecule has 0 aliphatic carbocycles. The fourth-order valence-electron chi connectivity index (χ4n) is 3.39. The van der Waals surface area contributed by atoms with E-state index in [1.165, 1.54) is 6.08 Å². The fraction of sp³-hybridized carbons (Fsp3) is 0.240. The molecule has 1 fully saturated rings. The lowest BCUT2D eigenvalue weighted by Gasteiger charge is -2.16. The van der Waals surface area contributed by atoms with Crippen molar-refractivity contribution in [1.82, 2.24) is 4.90 Å². The second-order valence-corrected chi connectivity index (χ2v) is 8.40. The van der Waals surface area contributed by atoms with Gasteiger partial charge >= 0.3 is 0 Å². The van der Waals surface area contributed by atoms with Gasteiger partial charge in [-0.1, -0.05) is 6.08 Å². The van der Waals surface area contributed by atoms with Crippen LogP contribution in [-0.2, 0) is 16.0 Å². The van der Waals surface area contributed by atoms with Crippen molar-refractivity contribution in [2.24, 2.45) is 0 Å². The van der Waals surface area contributed by atoms with E-state index in [0.717, 1.165) is 11.6 Å². The van der Waals surface area contributed by atoms with E-state index < -0.39 is 46.7 Å². The summed E-state index contributed by atoms with van der Waals surface area (Å²) in [6.45, 7) is 7.46. The van der Waals surface area contributed by atoms with Crippen LogP contribution in [0.2, 0.25) is 0 Å². The maximum atomic E-state index is 13.8. The highest BCUT2D eigenvalue weighted by Crippen LogP contribution is 2.37. The largest absolute Gasteiger partial charge is 0.490 e. The van der Waals surface area contributed by atoms with E-state index in [2.05, 4.69) is 6.58 Å². The predicted molar refractivity (Wildman–Crippen MR) is 130 cm³/mol. The molecule has 3 rings (SSSR count). The Kier molecular flexibility index (Phi) is 8.81. The van der Waals surface area contributed by atoms with E-state index in [4.69, 9.17) is 9.47 Å². The van der Waals surface area contributed by atoms with Crippen LogP contribution in [-0.4, -0.2) is 41.7 Å². The zero-order chi connectivity index (χ0) is 26.4. The summed E-state index contributed by atoms with van der Waals surface area (Å²) in [6.07, 6.45) is 3.65. The second kappa shape index (κ2) is 11.8. The normalized spacial score (nSPS) is 14.4. The molecule has 0 atom stereocenters. The first-order valence-electron chi connectivity index (χ1n) is 10.9. The van der Waals surface area contributed by atoms with Gasteiger partial charge < -0.3 is 14.8 Å². The van der Waals surface area contributed by atoms with Gasteiger partial charge in [0.1, 0.15) is 6.54 Å². The Labute approximate surface area is 209 Å². The van der Waals surface area contributed by atoms with Gasteiger partial charge in [-0.3, -0.25) is 19.3 Å². The fourth-order valence-corrected chi connectivity index (χ4v) is 4.23. The lowest BCUT2D eigenvalue weighted by molar-refractivity contribution is -0.127. The summed E-state index contributed by atoms with van der Waals surface area (Å²) in [5.74, 6) is -5.42. The van der Waals surface area contributed by atoms with E-state index in [1.807, 2.05) is 19.2 Å². The molecule has 1 aliphatic rings. The number of halogens is 3. The van der Waals surface area contributed by atoms with Crippen molar-refractivity contribution in [3.63, 3.8) is 0 Å². The Bertz CT molecular complexity index is 1250. The molecule has 2 aromatic rings. The van der Waals surface area contributed by atoms with Crippen LogP contribution in [0.4, 0.5) is 23.7 Å². The van der Waals surface area contributed by atoms with Crippen molar-refractivity contribution in [3.8, 4) is 11.5 Å². The summed E-state index contributed by atoms with van der Waals surface area (Å²) in [6, 6.07) is 4.93. The standard InChI is InChI=1S/C25H23F3N2O5S/c1-4-7-15-10-14(11-18(34-5-2)23(15)35-6-3)12-19-24(32)30(25(33)36-19)13-20(31)29-17-9-8-16(26)21(27)22(17)28/h4,8-12H,1,5-7,13H2,2-3H3,(H,29,31)/b19-12+. The average Bonchev–Trinajstić information content (AvgIpc) is 3.09. The van der Waals surface area contributed by atoms with Gasteiger partial charge in [0, 0.05) is 5.56 Å². The third kappa shape index (κ3) is 5.91. The summed E-state index contributed by atoms with van der Waals surface area (Å²) < 4.78 is 51.7. The van der Waals surface area contributed by atoms with Crippen molar-refractivity contribution in [2.45, 2.75) is 20.3 Å². The molecule has 7 nitrogen and oxygen atoms in total. The van der Waals surface area contributed by atoms with Crippen LogP contribution in [0.3, 0.4) is 0 Å². The molecule has 0 saturated carbocycles. The highest BCUT2D eigenvalue weighted by atomic mass is 32.2. The smallest absolute Gasteiger partial charge is 0.294 e. The molecule has 1 N–H and O–H groups in total. The van der Waals surface area contributed by atoms with E-state index in [9.17, 15) is 27.6 Å². The Balaban J connectivity index is 1.82. The molecule has 3 amide bonds. The molecule has 0 unspecified atom stereocenters. The van der Waals surface area contributed by atoms with Gasteiger partial charge in [0.25, 0.3) is 11.1 Å². The van der Waals surface area contributed by atoms with Gasteiger partial charge in [0.2, 0.25) is 5.91 Å². The third-order valence-corrected chi connectivity index (χ3v) is 5.80. The van der Waals surface area contributed by atoms with Crippen LogP contribution in [0.5, 0.6) is 11.5 Å². The number of nitrogens with zero attached hydrogens (tertiary/aromatic N) is 1. The maximum Gasteiger partial charge on any atom is 0.294 e. The van der Waals surface area contributed by atoms with Gasteiger partial charge in [-0.05, 0) is 67.9 Å². The lowest BCUT2D eigenvalue weighted by atomic mass is 10.0. The van der Waals surface area contributed by atoms with Crippen LogP contribution in [0.1, 0.15) is 25.0 Å². The van der Waals surface area contributed by atoms with Gasteiger partial charge in [0.15, 0.2) is 29.0 Å². The van der Waals surface area contributed by atoms with Gasteiger partial charge in [0.05, 0.1) is 23.8 Å². The monoisotopic (exact) mass is 520 g/mol. The molecule has 1 saturated heterocycles. The molecule has 0 bridgehead atoms. The number of amides is 3. The quantitative estimate of drug-likeness (QED) is 0.260. The molecule has 190 valence electrons.